The van der Waals surface area contributed by atoms with E-state index in [9.17, 15) is 4.79 Å². The molecule has 0 amide bonds. The molecule has 0 fully saturated rings. The molecule has 1 unspecified atom stereocenters. The van der Waals surface area contributed by atoms with Crippen LogP contribution in [0.1, 0.15) is 16.5 Å². The molecule has 1 heterocycles. The van der Waals surface area contributed by atoms with Gasteiger partial charge in [-0.3, -0.25) is 0 Å². The molecule has 2 aromatic rings. The summed E-state index contributed by atoms with van der Waals surface area (Å²) in [4.78, 5) is 12.6. The number of carbonyl (C=O) groups excluding carboxylic acids is 1. The molecular weight excluding hydrogens is 262 g/mol. The van der Waals surface area contributed by atoms with Gasteiger partial charge in [0, 0.05) is 4.88 Å². The minimum Gasteiger partial charge on any atom is -0.497 e. The molecule has 19 heavy (non-hydrogen) atoms. The highest BCUT2D eigenvalue weighted by Crippen LogP contribution is 2.19. The molecule has 2 N–H and O–H groups in total. The number of nitrogens with two attached hydrogens (primary N) is 1. The second-order valence-corrected chi connectivity index (χ2v) is 4.93. The number of thiophene rings is 1. The first-order chi connectivity index (χ1) is 9.20. The summed E-state index contributed by atoms with van der Waals surface area (Å²) in [5, 5.41) is 1.88. The second kappa shape index (κ2) is 6.36. The van der Waals surface area contributed by atoms with Crippen LogP contribution in [-0.4, -0.2) is 13.1 Å². The Balaban J connectivity index is 1.93. The molecule has 0 saturated carbocycles. The fourth-order valence-corrected chi connectivity index (χ4v) is 2.31. The lowest BCUT2D eigenvalue weighted by atomic mass is 10.2. The molecule has 5 heteroatoms. The SMILES string of the molecule is COc1cccc(COC(=O)C(N)c2cccs2)c1. The second-order valence-electron chi connectivity index (χ2n) is 3.95. The fourth-order valence-electron chi connectivity index (χ4n) is 1.59. The summed E-state index contributed by atoms with van der Waals surface area (Å²) in [7, 11) is 1.60. The quantitative estimate of drug-likeness (QED) is 0.853. The highest BCUT2D eigenvalue weighted by atomic mass is 32.1. The van der Waals surface area contributed by atoms with Gasteiger partial charge in [-0.1, -0.05) is 18.2 Å². The van der Waals surface area contributed by atoms with Gasteiger partial charge in [0.2, 0.25) is 0 Å². The summed E-state index contributed by atoms with van der Waals surface area (Å²) in [5.41, 5.74) is 6.68. The predicted octanol–water partition coefficient (Wildman–Crippen LogP) is 2.50. The number of hydrogen-bond acceptors (Lipinski definition) is 5. The van der Waals surface area contributed by atoms with Crippen molar-refractivity contribution in [2.45, 2.75) is 12.6 Å². The van der Waals surface area contributed by atoms with Crippen molar-refractivity contribution in [1.82, 2.24) is 0 Å². The van der Waals surface area contributed by atoms with Gasteiger partial charge in [-0.15, -0.1) is 11.3 Å². The van der Waals surface area contributed by atoms with Crippen LogP contribution in [0.25, 0.3) is 0 Å². The lowest BCUT2D eigenvalue weighted by molar-refractivity contribution is -0.146. The number of hydrogen-bond donors (Lipinski definition) is 1. The molecule has 1 aromatic carbocycles. The maximum Gasteiger partial charge on any atom is 0.328 e. The van der Waals surface area contributed by atoms with E-state index in [1.54, 1.807) is 7.11 Å². The van der Waals surface area contributed by atoms with Crippen LogP contribution < -0.4 is 10.5 Å². The van der Waals surface area contributed by atoms with Crippen molar-refractivity contribution < 1.29 is 14.3 Å². The molecule has 1 aromatic heterocycles. The minimum atomic E-state index is -0.717. The van der Waals surface area contributed by atoms with E-state index in [1.165, 1.54) is 11.3 Å². The molecule has 2 rings (SSSR count). The molecule has 0 aliphatic heterocycles. The van der Waals surface area contributed by atoms with Gasteiger partial charge < -0.3 is 15.2 Å². The van der Waals surface area contributed by atoms with Crippen LogP contribution in [-0.2, 0) is 16.1 Å². The van der Waals surface area contributed by atoms with Crippen molar-refractivity contribution in [1.29, 1.82) is 0 Å². The largest absolute Gasteiger partial charge is 0.497 e. The third kappa shape index (κ3) is 3.56. The summed E-state index contributed by atoms with van der Waals surface area (Å²) >= 11 is 1.44. The third-order valence-corrected chi connectivity index (χ3v) is 3.57. The minimum absolute atomic E-state index is 0.190. The average Bonchev–Trinajstić information content (AvgIpc) is 2.98. The highest BCUT2D eigenvalue weighted by Gasteiger charge is 2.18. The number of rotatable bonds is 5. The molecule has 4 nitrogen and oxygen atoms in total. The molecule has 100 valence electrons. The van der Waals surface area contributed by atoms with Gasteiger partial charge in [0.05, 0.1) is 7.11 Å². The predicted molar refractivity (Wildman–Crippen MR) is 74.0 cm³/mol. The maximum atomic E-state index is 11.8. The van der Waals surface area contributed by atoms with Gasteiger partial charge in [-0.25, -0.2) is 4.79 Å². The van der Waals surface area contributed by atoms with Gasteiger partial charge in [0.25, 0.3) is 0 Å². The number of ether oxygens (including phenoxy) is 2. The van der Waals surface area contributed by atoms with E-state index in [0.29, 0.717) is 0 Å². The number of benzene rings is 1. The maximum absolute atomic E-state index is 11.8. The Morgan fingerprint density at radius 2 is 2.21 bits per heavy atom. The van der Waals surface area contributed by atoms with Crippen molar-refractivity contribution >= 4 is 17.3 Å². The van der Waals surface area contributed by atoms with E-state index >= 15 is 0 Å². The Kier molecular flexibility index (Phi) is 4.54. The highest BCUT2D eigenvalue weighted by molar-refractivity contribution is 7.10. The van der Waals surface area contributed by atoms with Crippen molar-refractivity contribution in [3.8, 4) is 5.75 Å². The van der Waals surface area contributed by atoms with E-state index in [-0.39, 0.29) is 6.61 Å². The van der Waals surface area contributed by atoms with Gasteiger partial charge in [-0.05, 0) is 29.1 Å². The summed E-state index contributed by atoms with van der Waals surface area (Å²) in [6.45, 7) is 0.190. The normalized spacial score (nSPS) is 11.9. The summed E-state index contributed by atoms with van der Waals surface area (Å²) < 4.78 is 10.3. The molecule has 1 atom stereocenters. The van der Waals surface area contributed by atoms with Crippen molar-refractivity contribution in [3.05, 3.63) is 52.2 Å². The topological polar surface area (TPSA) is 61.5 Å². The van der Waals surface area contributed by atoms with E-state index < -0.39 is 12.0 Å². The van der Waals surface area contributed by atoms with Crippen molar-refractivity contribution in [2.24, 2.45) is 5.73 Å². The first-order valence-corrected chi connectivity index (χ1v) is 6.67. The van der Waals surface area contributed by atoms with E-state index in [4.69, 9.17) is 15.2 Å². The Labute approximate surface area is 115 Å². The smallest absolute Gasteiger partial charge is 0.328 e. The van der Waals surface area contributed by atoms with Gasteiger partial charge >= 0.3 is 5.97 Å². The Bertz CT molecular complexity index is 539. The van der Waals surface area contributed by atoms with Gasteiger partial charge in [0.15, 0.2) is 0 Å². The Morgan fingerprint density at radius 3 is 2.89 bits per heavy atom. The molecule has 0 radical (unpaired) electrons. The molecular formula is C14H15NO3S. The number of esters is 1. The zero-order valence-electron chi connectivity index (χ0n) is 10.5. The number of carbonyl (C=O) groups is 1. The van der Waals surface area contributed by atoms with Crippen LogP contribution in [0.2, 0.25) is 0 Å². The monoisotopic (exact) mass is 277 g/mol. The van der Waals surface area contributed by atoms with Gasteiger partial charge in [-0.2, -0.15) is 0 Å². The first kappa shape index (κ1) is 13.6. The molecule has 0 saturated heterocycles. The molecule has 0 aliphatic carbocycles. The summed E-state index contributed by atoms with van der Waals surface area (Å²) in [6.07, 6.45) is 0. The molecule has 0 spiro atoms. The van der Waals surface area contributed by atoms with Crippen LogP contribution in [0.5, 0.6) is 5.75 Å². The summed E-state index contributed by atoms with van der Waals surface area (Å²) in [6, 6.07) is 10.3. The van der Waals surface area contributed by atoms with E-state index in [0.717, 1.165) is 16.2 Å². The van der Waals surface area contributed by atoms with Crippen LogP contribution in [0.15, 0.2) is 41.8 Å². The van der Waals surface area contributed by atoms with Crippen LogP contribution >= 0.6 is 11.3 Å². The summed E-state index contributed by atoms with van der Waals surface area (Å²) in [5.74, 6) is 0.307. The van der Waals surface area contributed by atoms with Crippen LogP contribution in [0.3, 0.4) is 0 Å². The molecule has 0 bridgehead atoms. The zero-order valence-corrected chi connectivity index (χ0v) is 11.4. The first-order valence-electron chi connectivity index (χ1n) is 5.79. The standard InChI is InChI=1S/C14H15NO3S/c1-17-11-5-2-4-10(8-11)9-18-14(16)13(15)12-6-3-7-19-12/h2-8,13H,9,15H2,1H3. The zero-order chi connectivity index (χ0) is 13.7. The van der Waals surface area contributed by atoms with E-state index in [2.05, 4.69) is 0 Å². The Hall–Kier alpha value is -1.85. The van der Waals surface area contributed by atoms with Crippen molar-refractivity contribution in [3.63, 3.8) is 0 Å². The van der Waals surface area contributed by atoms with Crippen molar-refractivity contribution in [2.75, 3.05) is 7.11 Å². The number of methoxy groups -OCH3 is 1. The third-order valence-electron chi connectivity index (χ3n) is 2.62. The lowest BCUT2D eigenvalue weighted by Crippen LogP contribution is -2.22. The fraction of sp³-hybridized carbons (Fsp3) is 0.214. The Morgan fingerprint density at radius 1 is 1.37 bits per heavy atom. The van der Waals surface area contributed by atoms with Gasteiger partial charge in [0.1, 0.15) is 18.4 Å². The molecule has 0 aliphatic rings. The van der Waals surface area contributed by atoms with Crippen LogP contribution in [0.4, 0.5) is 0 Å². The van der Waals surface area contributed by atoms with Crippen LogP contribution in [0, 0.1) is 0 Å². The lowest BCUT2D eigenvalue weighted by Gasteiger charge is -2.10. The van der Waals surface area contributed by atoms with E-state index in [1.807, 2.05) is 41.8 Å². The average molecular weight is 277 g/mol.